The van der Waals surface area contributed by atoms with Crippen LogP contribution >= 0.6 is 11.3 Å². The van der Waals surface area contributed by atoms with Crippen LogP contribution in [0.5, 0.6) is 0 Å². The first-order chi connectivity index (χ1) is 12.0. The molecule has 0 saturated carbocycles. The molecule has 0 N–H and O–H groups in total. The van der Waals surface area contributed by atoms with Crippen molar-refractivity contribution in [1.29, 1.82) is 5.26 Å². The predicted octanol–water partition coefficient (Wildman–Crippen LogP) is 6.19. The van der Waals surface area contributed by atoms with Gasteiger partial charge in [-0.15, -0.1) is 11.3 Å². The SMILES string of the molecule is CC(C)(C)[C@H]1CCc2c(sc(N=C/C=C/c3ccccc3)c2C#N)C1. The van der Waals surface area contributed by atoms with Crippen LogP contribution < -0.4 is 0 Å². The smallest absolute Gasteiger partial charge is 0.134 e. The van der Waals surface area contributed by atoms with Gasteiger partial charge in [-0.1, -0.05) is 57.2 Å². The summed E-state index contributed by atoms with van der Waals surface area (Å²) in [7, 11) is 0. The van der Waals surface area contributed by atoms with Gasteiger partial charge in [-0.3, -0.25) is 0 Å². The minimum absolute atomic E-state index is 0.316. The van der Waals surface area contributed by atoms with Crippen molar-refractivity contribution < 1.29 is 0 Å². The van der Waals surface area contributed by atoms with Crippen LogP contribution in [0.25, 0.3) is 6.08 Å². The Morgan fingerprint density at radius 1 is 1.24 bits per heavy atom. The number of nitriles is 1. The molecular weight excluding hydrogens is 324 g/mol. The van der Waals surface area contributed by atoms with Gasteiger partial charge in [0.2, 0.25) is 0 Å². The summed E-state index contributed by atoms with van der Waals surface area (Å²) < 4.78 is 0. The van der Waals surface area contributed by atoms with Gasteiger partial charge in [0.25, 0.3) is 0 Å². The highest BCUT2D eigenvalue weighted by Gasteiger charge is 2.31. The normalized spacial score (nSPS) is 17.8. The molecule has 128 valence electrons. The summed E-state index contributed by atoms with van der Waals surface area (Å²) in [6, 6.07) is 12.5. The maximum Gasteiger partial charge on any atom is 0.134 e. The maximum absolute atomic E-state index is 9.59. The molecule has 1 aliphatic rings. The standard InChI is InChI=1S/C22H24N2S/c1-22(2,3)17-11-12-18-19(15-23)21(25-20(18)14-17)24-13-7-10-16-8-5-4-6-9-16/h4-10,13,17H,11-12,14H2,1-3H3/b10-7+,24-13?/t17-/m0/s1. The average molecular weight is 349 g/mol. The second kappa shape index (κ2) is 7.37. The van der Waals surface area contributed by atoms with Gasteiger partial charge in [0, 0.05) is 11.1 Å². The molecule has 0 saturated heterocycles. The Labute approximate surface area is 154 Å². The number of thiophene rings is 1. The monoisotopic (exact) mass is 348 g/mol. The van der Waals surface area contributed by atoms with Crippen LogP contribution in [0, 0.1) is 22.7 Å². The summed E-state index contributed by atoms with van der Waals surface area (Å²) in [6.07, 6.45) is 9.01. The fourth-order valence-corrected chi connectivity index (χ4v) is 4.58. The van der Waals surface area contributed by atoms with Crippen molar-refractivity contribution in [3.8, 4) is 6.07 Å². The van der Waals surface area contributed by atoms with Crippen LogP contribution in [0.15, 0.2) is 41.4 Å². The Hall–Kier alpha value is -2.18. The van der Waals surface area contributed by atoms with E-state index in [9.17, 15) is 5.26 Å². The molecule has 0 fully saturated rings. The van der Waals surface area contributed by atoms with Crippen molar-refractivity contribution in [3.05, 3.63) is 58.0 Å². The van der Waals surface area contributed by atoms with E-state index in [0.717, 1.165) is 29.0 Å². The van der Waals surface area contributed by atoms with E-state index in [0.29, 0.717) is 11.3 Å². The summed E-state index contributed by atoms with van der Waals surface area (Å²) in [5.74, 6) is 0.681. The number of nitrogens with zero attached hydrogens (tertiary/aromatic N) is 2. The molecule has 0 radical (unpaired) electrons. The van der Waals surface area contributed by atoms with E-state index in [1.807, 2.05) is 30.4 Å². The molecular formula is C22H24N2S. The first-order valence-corrected chi connectivity index (χ1v) is 9.61. The number of rotatable bonds is 3. The highest BCUT2D eigenvalue weighted by Crippen LogP contribution is 2.44. The van der Waals surface area contributed by atoms with E-state index in [1.54, 1.807) is 17.6 Å². The molecule has 0 bridgehead atoms. The van der Waals surface area contributed by atoms with Gasteiger partial charge in [-0.25, -0.2) is 4.99 Å². The van der Waals surface area contributed by atoms with E-state index in [4.69, 9.17) is 0 Å². The molecule has 25 heavy (non-hydrogen) atoms. The van der Waals surface area contributed by atoms with Crippen molar-refractivity contribution in [2.24, 2.45) is 16.3 Å². The van der Waals surface area contributed by atoms with E-state index in [1.165, 1.54) is 16.9 Å². The van der Waals surface area contributed by atoms with Gasteiger partial charge in [0.05, 0.1) is 5.56 Å². The van der Waals surface area contributed by atoms with Gasteiger partial charge in [0.1, 0.15) is 11.1 Å². The van der Waals surface area contributed by atoms with Crippen LogP contribution in [0.2, 0.25) is 0 Å². The highest BCUT2D eigenvalue weighted by molar-refractivity contribution is 7.16. The lowest BCUT2D eigenvalue weighted by Gasteiger charge is -2.33. The van der Waals surface area contributed by atoms with Crippen LogP contribution in [0.4, 0.5) is 5.00 Å². The summed E-state index contributed by atoms with van der Waals surface area (Å²) in [4.78, 5) is 5.93. The van der Waals surface area contributed by atoms with E-state index in [-0.39, 0.29) is 0 Å². The van der Waals surface area contributed by atoms with Crippen molar-refractivity contribution in [3.63, 3.8) is 0 Å². The minimum Gasteiger partial charge on any atom is -0.245 e. The van der Waals surface area contributed by atoms with Crippen LogP contribution in [-0.4, -0.2) is 6.21 Å². The second-order valence-electron chi connectivity index (χ2n) is 7.65. The number of fused-ring (bicyclic) bond motifs is 1. The average Bonchev–Trinajstić information content (AvgIpc) is 2.95. The molecule has 0 aliphatic heterocycles. The molecule has 2 nitrogen and oxygen atoms in total. The lowest BCUT2D eigenvalue weighted by Crippen LogP contribution is -2.26. The molecule has 1 aromatic heterocycles. The Morgan fingerprint density at radius 2 is 2.00 bits per heavy atom. The lowest BCUT2D eigenvalue weighted by atomic mass is 9.72. The lowest BCUT2D eigenvalue weighted by molar-refractivity contribution is 0.218. The summed E-state index contributed by atoms with van der Waals surface area (Å²) in [6.45, 7) is 6.94. The van der Waals surface area contributed by atoms with Gasteiger partial charge in [-0.2, -0.15) is 5.26 Å². The van der Waals surface area contributed by atoms with E-state index in [2.05, 4.69) is 44.0 Å². The number of hydrogen-bond donors (Lipinski definition) is 0. The largest absolute Gasteiger partial charge is 0.245 e. The van der Waals surface area contributed by atoms with E-state index < -0.39 is 0 Å². The third kappa shape index (κ3) is 4.08. The van der Waals surface area contributed by atoms with Crippen molar-refractivity contribution in [1.82, 2.24) is 0 Å². The fraction of sp³-hybridized carbons (Fsp3) is 0.364. The summed E-state index contributed by atoms with van der Waals surface area (Å²) in [5.41, 5.74) is 3.49. The molecule has 3 rings (SSSR count). The second-order valence-corrected chi connectivity index (χ2v) is 8.73. The number of hydrogen-bond acceptors (Lipinski definition) is 3. The number of benzene rings is 1. The predicted molar refractivity (Wildman–Crippen MR) is 108 cm³/mol. The Morgan fingerprint density at radius 3 is 2.68 bits per heavy atom. The third-order valence-electron chi connectivity index (χ3n) is 4.95. The van der Waals surface area contributed by atoms with Crippen molar-refractivity contribution in [2.75, 3.05) is 0 Å². The first kappa shape index (κ1) is 17.6. The van der Waals surface area contributed by atoms with Crippen LogP contribution in [0.3, 0.4) is 0 Å². The Kier molecular flexibility index (Phi) is 5.20. The summed E-state index contributed by atoms with van der Waals surface area (Å²) in [5, 5.41) is 10.4. The molecule has 0 amide bonds. The van der Waals surface area contributed by atoms with Crippen LogP contribution in [0.1, 0.15) is 48.8 Å². The fourth-order valence-electron chi connectivity index (χ4n) is 3.35. The molecule has 1 aromatic carbocycles. The molecule has 2 aromatic rings. The third-order valence-corrected chi connectivity index (χ3v) is 6.11. The highest BCUT2D eigenvalue weighted by atomic mass is 32.1. The molecule has 0 spiro atoms. The summed E-state index contributed by atoms with van der Waals surface area (Å²) >= 11 is 1.70. The quantitative estimate of drug-likeness (QED) is 0.609. The maximum atomic E-state index is 9.59. The zero-order valence-electron chi connectivity index (χ0n) is 15.1. The van der Waals surface area contributed by atoms with E-state index >= 15 is 0 Å². The topological polar surface area (TPSA) is 36.1 Å². The van der Waals surface area contributed by atoms with Gasteiger partial charge in [0.15, 0.2) is 0 Å². The molecule has 0 unspecified atom stereocenters. The Bertz CT molecular complexity index is 829. The zero-order valence-corrected chi connectivity index (χ0v) is 15.9. The van der Waals surface area contributed by atoms with Crippen LogP contribution in [-0.2, 0) is 12.8 Å². The van der Waals surface area contributed by atoms with Crippen molar-refractivity contribution >= 4 is 28.6 Å². The minimum atomic E-state index is 0.316. The van der Waals surface area contributed by atoms with Gasteiger partial charge >= 0.3 is 0 Å². The molecule has 3 heteroatoms. The molecule has 1 atom stereocenters. The number of aliphatic imine (C=N–C) groups is 1. The first-order valence-electron chi connectivity index (χ1n) is 8.79. The molecule has 1 aliphatic carbocycles. The zero-order chi connectivity index (χ0) is 17.9. The number of allylic oxidation sites excluding steroid dienone is 1. The van der Waals surface area contributed by atoms with Gasteiger partial charge < -0.3 is 0 Å². The molecule has 1 heterocycles. The van der Waals surface area contributed by atoms with Gasteiger partial charge in [-0.05, 0) is 47.8 Å². The van der Waals surface area contributed by atoms with Crippen molar-refractivity contribution in [2.45, 2.75) is 40.0 Å². The Balaban J connectivity index is 1.79.